The number of H-pyrrole nitrogens is 1. The molecule has 0 bridgehead atoms. The Bertz CT molecular complexity index is 603. The SMILES string of the molecule is CC(Cc1ccco1)NS(=O)(=O)c1cn[nH]c1N. The van der Waals surface area contributed by atoms with E-state index in [9.17, 15) is 8.42 Å². The summed E-state index contributed by atoms with van der Waals surface area (Å²) in [4.78, 5) is -0.0474. The topological polar surface area (TPSA) is 114 Å². The maximum Gasteiger partial charge on any atom is 0.246 e. The van der Waals surface area contributed by atoms with Gasteiger partial charge in [0.2, 0.25) is 10.0 Å². The highest BCUT2D eigenvalue weighted by Crippen LogP contribution is 2.15. The largest absolute Gasteiger partial charge is 0.469 e. The van der Waals surface area contributed by atoms with Crippen LogP contribution in [-0.2, 0) is 16.4 Å². The Kier molecular flexibility index (Phi) is 3.39. The van der Waals surface area contributed by atoms with Crippen molar-refractivity contribution in [3.05, 3.63) is 30.4 Å². The van der Waals surface area contributed by atoms with Crippen molar-refractivity contribution in [2.24, 2.45) is 0 Å². The molecule has 2 rings (SSSR count). The third-order valence-electron chi connectivity index (χ3n) is 2.37. The van der Waals surface area contributed by atoms with Crippen LogP contribution in [0.25, 0.3) is 0 Å². The Hall–Kier alpha value is -1.80. The molecule has 2 aromatic rings. The van der Waals surface area contributed by atoms with E-state index in [1.807, 2.05) is 0 Å². The van der Waals surface area contributed by atoms with Crippen molar-refractivity contribution < 1.29 is 12.8 Å². The van der Waals surface area contributed by atoms with Crippen molar-refractivity contribution in [1.29, 1.82) is 0 Å². The van der Waals surface area contributed by atoms with Crippen molar-refractivity contribution in [1.82, 2.24) is 14.9 Å². The highest BCUT2D eigenvalue weighted by Gasteiger charge is 2.22. The Morgan fingerprint density at radius 3 is 2.94 bits per heavy atom. The lowest BCUT2D eigenvalue weighted by molar-refractivity contribution is 0.479. The van der Waals surface area contributed by atoms with Crippen LogP contribution in [0.3, 0.4) is 0 Å². The zero-order valence-electron chi connectivity index (χ0n) is 9.75. The molecule has 98 valence electrons. The number of rotatable bonds is 5. The molecule has 18 heavy (non-hydrogen) atoms. The molecule has 0 spiro atoms. The summed E-state index contributed by atoms with van der Waals surface area (Å²) < 4.78 is 31.6. The lowest BCUT2D eigenvalue weighted by atomic mass is 10.2. The van der Waals surface area contributed by atoms with Crippen LogP contribution in [-0.4, -0.2) is 24.7 Å². The molecule has 4 N–H and O–H groups in total. The van der Waals surface area contributed by atoms with E-state index in [2.05, 4.69) is 14.9 Å². The number of hydrogen-bond acceptors (Lipinski definition) is 5. The fourth-order valence-electron chi connectivity index (χ4n) is 1.60. The van der Waals surface area contributed by atoms with E-state index in [0.29, 0.717) is 12.2 Å². The van der Waals surface area contributed by atoms with Crippen molar-refractivity contribution >= 4 is 15.8 Å². The highest BCUT2D eigenvalue weighted by molar-refractivity contribution is 7.89. The number of aromatic nitrogens is 2. The van der Waals surface area contributed by atoms with Crippen LogP contribution >= 0.6 is 0 Å². The van der Waals surface area contributed by atoms with Gasteiger partial charge in [-0.25, -0.2) is 13.1 Å². The normalized spacial score (nSPS) is 13.6. The van der Waals surface area contributed by atoms with Gasteiger partial charge in [0.1, 0.15) is 16.5 Å². The maximum atomic E-state index is 12.0. The van der Waals surface area contributed by atoms with Gasteiger partial charge in [0.25, 0.3) is 0 Å². The molecule has 0 saturated heterocycles. The van der Waals surface area contributed by atoms with E-state index in [4.69, 9.17) is 10.2 Å². The van der Waals surface area contributed by atoms with Crippen LogP contribution in [0.15, 0.2) is 33.9 Å². The molecule has 0 amide bonds. The maximum absolute atomic E-state index is 12.0. The number of sulfonamides is 1. The number of nitrogens with zero attached hydrogens (tertiary/aromatic N) is 1. The summed E-state index contributed by atoms with van der Waals surface area (Å²) in [6, 6.07) is 3.23. The fourth-order valence-corrected chi connectivity index (χ4v) is 2.87. The van der Waals surface area contributed by atoms with Gasteiger partial charge in [-0.2, -0.15) is 5.10 Å². The molecular weight excluding hydrogens is 256 g/mol. The molecule has 0 aliphatic rings. The summed E-state index contributed by atoms with van der Waals surface area (Å²) >= 11 is 0. The summed E-state index contributed by atoms with van der Waals surface area (Å²) in [7, 11) is -3.66. The number of furan rings is 1. The fraction of sp³-hybridized carbons (Fsp3) is 0.300. The van der Waals surface area contributed by atoms with Crippen molar-refractivity contribution in [3.63, 3.8) is 0 Å². The number of anilines is 1. The number of aromatic amines is 1. The first-order valence-electron chi connectivity index (χ1n) is 5.32. The molecule has 1 atom stereocenters. The molecule has 0 aliphatic heterocycles. The molecule has 0 fully saturated rings. The molecule has 0 aromatic carbocycles. The van der Waals surface area contributed by atoms with Crippen molar-refractivity contribution in [3.8, 4) is 0 Å². The van der Waals surface area contributed by atoms with E-state index < -0.39 is 10.0 Å². The first kappa shape index (κ1) is 12.7. The standard InChI is InChI=1S/C10H14N4O3S/c1-7(5-8-3-2-4-17-8)14-18(15,16)9-6-12-13-10(9)11/h2-4,6-7,14H,5H2,1H3,(H3,11,12,13). The monoisotopic (exact) mass is 270 g/mol. The lowest BCUT2D eigenvalue weighted by Crippen LogP contribution is -2.34. The molecule has 0 saturated carbocycles. The second-order valence-electron chi connectivity index (χ2n) is 3.95. The van der Waals surface area contributed by atoms with Crippen molar-refractivity contribution in [2.45, 2.75) is 24.3 Å². The summed E-state index contributed by atoms with van der Waals surface area (Å²) in [6.45, 7) is 1.75. The zero-order valence-corrected chi connectivity index (χ0v) is 10.6. The van der Waals surface area contributed by atoms with Gasteiger partial charge in [-0.1, -0.05) is 0 Å². The first-order valence-corrected chi connectivity index (χ1v) is 6.81. The average Bonchev–Trinajstić information content (AvgIpc) is 2.88. The van der Waals surface area contributed by atoms with Gasteiger partial charge in [-0.15, -0.1) is 0 Å². The third kappa shape index (κ3) is 2.71. The van der Waals surface area contributed by atoms with Crippen LogP contribution in [0.5, 0.6) is 0 Å². The Morgan fingerprint density at radius 2 is 2.39 bits per heavy atom. The summed E-state index contributed by atoms with van der Waals surface area (Å²) in [5.41, 5.74) is 5.48. The van der Waals surface area contributed by atoms with Gasteiger partial charge in [-0.05, 0) is 19.1 Å². The Morgan fingerprint density at radius 1 is 1.61 bits per heavy atom. The van der Waals surface area contributed by atoms with Crippen LogP contribution in [0, 0.1) is 0 Å². The predicted octanol–water partition coefficient (Wildman–Crippen LogP) is 0.494. The molecule has 0 aliphatic carbocycles. The second-order valence-corrected chi connectivity index (χ2v) is 5.64. The van der Waals surface area contributed by atoms with E-state index in [0.717, 1.165) is 0 Å². The minimum atomic E-state index is -3.66. The van der Waals surface area contributed by atoms with Gasteiger partial charge < -0.3 is 10.2 Å². The molecular formula is C10H14N4O3S. The van der Waals surface area contributed by atoms with Gasteiger partial charge in [0, 0.05) is 12.5 Å². The number of nitrogens with two attached hydrogens (primary N) is 1. The molecule has 1 unspecified atom stereocenters. The Balaban J connectivity index is 2.07. The van der Waals surface area contributed by atoms with E-state index in [1.54, 1.807) is 25.3 Å². The lowest BCUT2D eigenvalue weighted by Gasteiger charge is -2.12. The number of hydrogen-bond donors (Lipinski definition) is 3. The Labute approximate surface area is 104 Å². The summed E-state index contributed by atoms with van der Waals surface area (Å²) in [5, 5.41) is 5.97. The predicted molar refractivity (Wildman–Crippen MR) is 65.2 cm³/mol. The molecule has 8 heteroatoms. The van der Waals surface area contributed by atoms with Crippen LogP contribution in [0.1, 0.15) is 12.7 Å². The minimum Gasteiger partial charge on any atom is -0.469 e. The van der Waals surface area contributed by atoms with E-state index in [-0.39, 0.29) is 16.8 Å². The van der Waals surface area contributed by atoms with Crippen LogP contribution in [0.2, 0.25) is 0 Å². The molecule has 2 heterocycles. The number of nitrogen functional groups attached to an aromatic ring is 1. The molecule has 0 radical (unpaired) electrons. The van der Waals surface area contributed by atoms with E-state index >= 15 is 0 Å². The smallest absolute Gasteiger partial charge is 0.246 e. The summed E-state index contributed by atoms with van der Waals surface area (Å²) in [6.07, 6.45) is 3.19. The summed E-state index contributed by atoms with van der Waals surface area (Å²) in [5.74, 6) is 0.734. The molecule has 2 aromatic heterocycles. The second kappa shape index (κ2) is 4.83. The van der Waals surface area contributed by atoms with Crippen LogP contribution in [0.4, 0.5) is 5.82 Å². The minimum absolute atomic E-state index is 0.0210. The highest BCUT2D eigenvalue weighted by atomic mass is 32.2. The zero-order chi connectivity index (χ0) is 13.2. The van der Waals surface area contributed by atoms with Crippen LogP contribution < -0.4 is 10.5 Å². The first-order chi connectivity index (χ1) is 8.49. The number of nitrogens with one attached hydrogen (secondary N) is 2. The van der Waals surface area contributed by atoms with Crippen molar-refractivity contribution in [2.75, 3.05) is 5.73 Å². The third-order valence-corrected chi connectivity index (χ3v) is 3.98. The van der Waals surface area contributed by atoms with Gasteiger partial charge in [0.15, 0.2) is 0 Å². The van der Waals surface area contributed by atoms with Gasteiger partial charge >= 0.3 is 0 Å². The van der Waals surface area contributed by atoms with Gasteiger partial charge in [0.05, 0.1) is 12.5 Å². The quantitative estimate of drug-likeness (QED) is 0.731. The molecule has 7 nitrogen and oxygen atoms in total. The van der Waals surface area contributed by atoms with E-state index in [1.165, 1.54) is 6.20 Å². The van der Waals surface area contributed by atoms with Gasteiger partial charge in [-0.3, -0.25) is 5.10 Å². The average molecular weight is 270 g/mol.